The molecule has 0 spiro atoms. The number of aromatic nitrogens is 4. The molecule has 0 radical (unpaired) electrons. The molecule has 2 aromatic heterocycles. The molecule has 3 aromatic rings. The van der Waals surface area contributed by atoms with Crippen molar-refractivity contribution in [3.05, 3.63) is 41.9 Å². The zero-order valence-electron chi connectivity index (χ0n) is 15.8. The highest BCUT2D eigenvalue weighted by Crippen LogP contribution is 2.44. The monoisotopic (exact) mass is 431 g/mol. The minimum absolute atomic E-state index is 0.186. The Labute approximate surface area is 167 Å². The molecular weight excluding hydrogens is 412 g/mol. The van der Waals surface area contributed by atoms with Crippen LogP contribution in [0.2, 0.25) is 0 Å². The lowest BCUT2D eigenvalue weighted by molar-refractivity contribution is -0.143. The van der Waals surface area contributed by atoms with Crippen LogP contribution >= 0.6 is 0 Å². The molecule has 0 unspecified atom stereocenters. The van der Waals surface area contributed by atoms with E-state index < -0.39 is 35.0 Å². The third-order valence-corrected chi connectivity index (χ3v) is 4.52. The molecule has 2 heterocycles. The predicted octanol–water partition coefficient (Wildman–Crippen LogP) is 5.05. The quantitative estimate of drug-likeness (QED) is 0.420. The maximum Gasteiger partial charge on any atom is 0.435 e. The van der Waals surface area contributed by atoms with Crippen molar-refractivity contribution in [2.75, 3.05) is 6.54 Å². The van der Waals surface area contributed by atoms with Crippen LogP contribution in [0.1, 0.15) is 37.1 Å². The van der Waals surface area contributed by atoms with E-state index >= 15 is 0 Å². The van der Waals surface area contributed by atoms with Gasteiger partial charge in [-0.3, -0.25) is 9.67 Å². The Hall–Kier alpha value is -2.69. The third-order valence-electron chi connectivity index (χ3n) is 4.52. The second kappa shape index (κ2) is 8.58. The standard InChI is InChI=1S/C19H19F6N5/c20-18(21,22)16-15(14-11-27-12-7-3-4-8-13(12)28-14)17(19(23,24)25)30(29-16)10-6-2-1-5-9-26/h3-4,7-8,11H,1-2,5-6,9-10,26H2. The Morgan fingerprint density at radius 1 is 0.867 bits per heavy atom. The van der Waals surface area contributed by atoms with E-state index in [1.54, 1.807) is 18.2 Å². The maximum atomic E-state index is 13.8. The van der Waals surface area contributed by atoms with Gasteiger partial charge in [0.05, 0.1) is 28.5 Å². The van der Waals surface area contributed by atoms with Crippen molar-refractivity contribution in [3.8, 4) is 11.3 Å². The summed E-state index contributed by atoms with van der Waals surface area (Å²) in [5, 5.41) is 3.30. The van der Waals surface area contributed by atoms with E-state index in [1.807, 2.05) is 0 Å². The van der Waals surface area contributed by atoms with Gasteiger partial charge in [-0.1, -0.05) is 25.0 Å². The maximum absolute atomic E-state index is 13.8. The van der Waals surface area contributed by atoms with Gasteiger partial charge >= 0.3 is 12.4 Å². The highest BCUT2D eigenvalue weighted by atomic mass is 19.4. The van der Waals surface area contributed by atoms with Gasteiger partial charge in [0.25, 0.3) is 0 Å². The zero-order chi connectivity index (χ0) is 21.9. The summed E-state index contributed by atoms with van der Waals surface area (Å²) in [4.78, 5) is 7.96. The van der Waals surface area contributed by atoms with E-state index in [2.05, 4.69) is 15.1 Å². The number of benzene rings is 1. The Morgan fingerprint density at radius 3 is 2.17 bits per heavy atom. The molecule has 30 heavy (non-hydrogen) atoms. The molecule has 2 N–H and O–H groups in total. The van der Waals surface area contributed by atoms with Crippen molar-refractivity contribution < 1.29 is 26.3 Å². The number of fused-ring (bicyclic) bond motifs is 1. The number of aryl methyl sites for hydroxylation is 1. The van der Waals surface area contributed by atoms with Crippen LogP contribution in [-0.4, -0.2) is 26.3 Å². The molecule has 0 saturated carbocycles. The van der Waals surface area contributed by atoms with Crippen LogP contribution in [0.5, 0.6) is 0 Å². The van der Waals surface area contributed by atoms with Crippen LogP contribution in [-0.2, 0) is 18.9 Å². The summed E-state index contributed by atoms with van der Waals surface area (Å²) in [6.45, 7) is 0.141. The van der Waals surface area contributed by atoms with Crippen molar-refractivity contribution in [1.82, 2.24) is 19.7 Å². The zero-order valence-corrected chi connectivity index (χ0v) is 15.8. The van der Waals surface area contributed by atoms with Crippen molar-refractivity contribution in [3.63, 3.8) is 0 Å². The molecule has 11 heteroatoms. The number of unbranched alkanes of at least 4 members (excludes halogenated alkanes) is 3. The molecule has 3 rings (SSSR count). The largest absolute Gasteiger partial charge is 0.435 e. The lowest BCUT2D eigenvalue weighted by Crippen LogP contribution is -2.16. The SMILES string of the molecule is NCCCCCCn1nc(C(F)(F)F)c(-c2cnc3ccccc3n2)c1C(F)(F)F. The first-order valence-corrected chi connectivity index (χ1v) is 9.30. The van der Waals surface area contributed by atoms with Crippen LogP contribution in [0.3, 0.4) is 0 Å². The summed E-state index contributed by atoms with van der Waals surface area (Å²) in [7, 11) is 0. The van der Waals surface area contributed by atoms with E-state index in [0.717, 1.165) is 6.20 Å². The molecule has 0 fully saturated rings. The summed E-state index contributed by atoms with van der Waals surface area (Å²) in [6.07, 6.45) is -7.10. The third kappa shape index (κ3) is 4.72. The highest BCUT2D eigenvalue weighted by molar-refractivity contribution is 5.78. The molecule has 0 amide bonds. The van der Waals surface area contributed by atoms with Gasteiger partial charge in [0.2, 0.25) is 0 Å². The first-order valence-electron chi connectivity index (χ1n) is 9.30. The van der Waals surface area contributed by atoms with Crippen molar-refractivity contribution in [2.24, 2.45) is 5.73 Å². The van der Waals surface area contributed by atoms with Crippen LogP contribution in [0.25, 0.3) is 22.3 Å². The fraction of sp³-hybridized carbons (Fsp3) is 0.421. The summed E-state index contributed by atoms with van der Waals surface area (Å²) in [5.74, 6) is 0. The second-order valence-corrected chi connectivity index (χ2v) is 6.74. The van der Waals surface area contributed by atoms with Gasteiger partial charge in [0.1, 0.15) is 0 Å². The second-order valence-electron chi connectivity index (χ2n) is 6.74. The Balaban J connectivity index is 2.13. The average molecular weight is 431 g/mol. The average Bonchev–Trinajstić information content (AvgIpc) is 3.08. The van der Waals surface area contributed by atoms with E-state index in [-0.39, 0.29) is 18.5 Å². The van der Waals surface area contributed by atoms with Crippen LogP contribution < -0.4 is 5.73 Å². The molecule has 0 bridgehead atoms. The molecule has 1 aromatic carbocycles. The first-order chi connectivity index (χ1) is 14.1. The summed E-state index contributed by atoms with van der Waals surface area (Å²) >= 11 is 0. The van der Waals surface area contributed by atoms with Gasteiger partial charge < -0.3 is 5.73 Å². The molecule has 0 aliphatic rings. The van der Waals surface area contributed by atoms with E-state index in [1.165, 1.54) is 6.07 Å². The number of para-hydroxylation sites is 2. The summed E-state index contributed by atoms with van der Waals surface area (Å²) in [5.41, 5.74) is 1.19. The lowest BCUT2D eigenvalue weighted by atomic mass is 10.1. The Morgan fingerprint density at radius 2 is 1.53 bits per heavy atom. The first kappa shape index (κ1) is 22.0. The number of hydrogen-bond donors (Lipinski definition) is 1. The van der Waals surface area contributed by atoms with Gasteiger partial charge in [-0.2, -0.15) is 31.4 Å². The Kier molecular flexibility index (Phi) is 6.30. The molecule has 162 valence electrons. The molecular formula is C19H19F6N5. The van der Waals surface area contributed by atoms with Crippen LogP contribution in [0, 0.1) is 0 Å². The fourth-order valence-electron chi connectivity index (χ4n) is 3.19. The number of hydrogen-bond acceptors (Lipinski definition) is 4. The minimum atomic E-state index is -5.09. The molecule has 0 aliphatic heterocycles. The van der Waals surface area contributed by atoms with E-state index in [4.69, 9.17) is 5.73 Å². The highest BCUT2D eigenvalue weighted by Gasteiger charge is 2.47. The van der Waals surface area contributed by atoms with Gasteiger partial charge in [-0.05, 0) is 31.5 Å². The number of nitrogens with zero attached hydrogens (tertiary/aromatic N) is 4. The number of alkyl halides is 6. The minimum Gasteiger partial charge on any atom is -0.330 e. The van der Waals surface area contributed by atoms with Gasteiger partial charge in [0.15, 0.2) is 11.4 Å². The van der Waals surface area contributed by atoms with Gasteiger partial charge in [-0.25, -0.2) is 4.98 Å². The number of nitrogens with two attached hydrogens (primary N) is 1. The number of rotatable bonds is 7. The number of halogens is 6. The molecule has 0 saturated heterocycles. The predicted molar refractivity (Wildman–Crippen MR) is 98.3 cm³/mol. The molecule has 0 aliphatic carbocycles. The Bertz CT molecular complexity index is 1010. The molecule has 5 nitrogen and oxygen atoms in total. The van der Waals surface area contributed by atoms with Crippen molar-refractivity contribution in [1.29, 1.82) is 0 Å². The van der Waals surface area contributed by atoms with Gasteiger partial charge in [0, 0.05) is 6.54 Å². The van der Waals surface area contributed by atoms with E-state index in [9.17, 15) is 26.3 Å². The van der Waals surface area contributed by atoms with Crippen LogP contribution in [0.4, 0.5) is 26.3 Å². The normalized spacial score (nSPS) is 12.6. The van der Waals surface area contributed by atoms with Crippen LogP contribution in [0.15, 0.2) is 30.5 Å². The van der Waals surface area contributed by atoms with E-state index in [0.29, 0.717) is 36.0 Å². The topological polar surface area (TPSA) is 69.6 Å². The lowest BCUT2D eigenvalue weighted by Gasteiger charge is -2.13. The van der Waals surface area contributed by atoms with Crippen molar-refractivity contribution in [2.45, 2.75) is 44.6 Å². The van der Waals surface area contributed by atoms with Gasteiger partial charge in [-0.15, -0.1) is 0 Å². The molecule has 0 atom stereocenters. The summed E-state index contributed by atoms with van der Waals surface area (Å²) < 4.78 is 82.8. The van der Waals surface area contributed by atoms with Crippen molar-refractivity contribution >= 4 is 11.0 Å². The summed E-state index contributed by atoms with van der Waals surface area (Å²) in [6, 6.07) is 6.24. The smallest absolute Gasteiger partial charge is 0.330 e. The fourth-order valence-corrected chi connectivity index (χ4v) is 3.19.